The third-order valence-corrected chi connectivity index (χ3v) is 4.09. The molecule has 2 rings (SSSR count). The number of carbonyl (C=O) groups is 2. The summed E-state index contributed by atoms with van der Waals surface area (Å²) in [4.78, 5) is 24.8. The van der Waals surface area contributed by atoms with Gasteiger partial charge in [0.1, 0.15) is 5.75 Å². The van der Waals surface area contributed by atoms with E-state index in [1.54, 1.807) is 18.2 Å². The highest BCUT2D eigenvalue weighted by Crippen LogP contribution is 2.33. The summed E-state index contributed by atoms with van der Waals surface area (Å²) in [5, 5.41) is 3.18. The highest BCUT2D eigenvalue weighted by Gasteiger charge is 2.18. The van der Waals surface area contributed by atoms with Gasteiger partial charge in [-0.25, -0.2) is 0 Å². The molecule has 0 aliphatic heterocycles. The number of ether oxygens (including phenoxy) is 2. The van der Waals surface area contributed by atoms with Gasteiger partial charge in [-0.2, -0.15) is 0 Å². The maximum atomic E-state index is 12.6. The molecule has 0 aliphatic carbocycles. The zero-order valence-corrected chi connectivity index (χ0v) is 18.2. The van der Waals surface area contributed by atoms with Crippen LogP contribution in [0.3, 0.4) is 0 Å². The lowest BCUT2D eigenvalue weighted by atomic mass is 10.1. The van der Waals surface area contributed by atoms with Crippen LogP contribution in [-0.2, 0) is 4.79 Å². The quantitative estimate of drug-likeness (QED) is 0.371. The molecule has 0 fully saturated rings. The average Bonchev–Trinajstić information content (AvgIpc) is 2.61. The summed E-state index contributed by atoms with van der Waals surface area (Å²) in [5.74, 6) is 1.01. The van der Waals surface area contributed by atoms with Crippen LogP contribution in [0.4, 0.5) is 0 Å². The van der Waals surface area contributed by atoms with Crippen molar-refractivity contribution in [1.82, 2.24) is 5.32 Å². The Hall–Kier alpha value is -2.66. The molecule has 5 nitrogen and oxygen atoms in total. The van der Waals surface area contributed by atoms with Gasteiger partial charge in [0.2, 0.25) is 0 Å². The van der Waals surface area contributed by atoms with Crippen LogP contribution in [0.15, 0.2) is 42.5 Å². The molecule has 0 atom stereocenters. The van der Waals surface area contributed by atoms with Gasteiger partial charge in [0.15, 0.2) is 17.3 Å². The smallest absolute Gasteiger partial charge is 0.311 e. The van der Waals surface area contributed by atoms with E-state index in [9.17, 15) is 9.59 Å². The van der Waals surface area contributed by atoms with E-state index < -0.39 is 0 Å². The van der Waals surface area contributed by atoms with E-state index in [-0.39, 0.29) is 41.9 Å². The fraction of sp³-hybridized carbons (Fsp3) is 0.417. The molecule has 0 spiro atoms. The van der Waals surface area contributed by atoms with Gasteiger partial charge in [0, 0.05) is 17.5 Å². The SMILES string of the molecule is Cc1ccc(Oc2ccc(C(=O)CNC(C)(C)C)cc2OC(=O)CC(C)C)cc1. The van der Waals surface area contributed by atoms with Gasteiger partial charge < -0.3 is 14.8 Å². The highest BCUT2D eigenvalue weighted by atomic mass is 16.6. The fourth-order valence-corrected chi connectivity index (χ4v) is 2.52. The van der Waals surface area contributed by atoms with E-state index in [0.717, 1.165) is 5.56 Å². The average molecular weight is 398 g/mol. The van der Waals surface area contributed by atoms with Crippen molar-refractivity contribution in [3.05, 3.63) is 53.6 Å². The Morgan fingerprint density at radius 1 is 1.00 bits per heavy atom. The van der Waals surface area contributed by atoms with Crippen LogP contribution in [0.5, 0.6) is 17.2 Å². The van der Waals surface area contributed by atoms with Crippen molar-refractivity contribution in [2.45, 2.75) is 53.5 Å². The summed E-state index contributed by atoms with van der Waals surface area (Å²) in [6, 6.07) is 12.5. The summed E-state index contributed by atoms with van der Waals surface area (Å²) in [5.41, 5.74) is 1.41. The first-order valence-electron chi connectivity index (χ1n) is 9.91. The van der Waals surface area contributed by atoms with Crippen molar-refractivity contribution in [1.29, 1.82) is 0 Å². The number of carbonyl (C=O) groups excluding carboxylic acids is 2. The maximum absolute atomic E-state index is 12.6. The number of hydrogen-bond donors (Lipinski definition) is 1. The third kappa shape index (κ3) is 7.70. The Kier molecular flexibility index (Phi) is 7.57. The second kappa shape index (κ2) is 9.70. The molecule has 0 radical (unpaired) electrons. The summed E-state index contributed by atoms with van der Waals surface area (Å²) in [6.45, 7) is 12.1. The van der Waals surface area contributed by atoms with Crippen molar-refractivity contribution in [2.75, 3.05) is 6.54 Å². The van der Waals surface area contributed by atoms with Crippen LogP contribution in [-0.4, -0.2) is 23.8 Å². The predicted molar refractivity (Wildman–Crippen MR) is 115 cm³/mol. The van der Waals surface area contributed by atoms with Crippen LogP contribution < -0.4 is 14.8 Å². The number of Topliss-reactive ketones (excluding diaryl/α,β-unsaturated/α-hetero) is 1. The van der Waals surface area contributed by atoms with Crippen molar-refractivity contribution >= 4 is 11.8 Å². The summed E-state index contributed by atoms with van der Waals surface area (Å²) in [6.07, 6.45) is 0.285. The predicted octanol–water partition coefficient (Wildman–Crippen LogP) is 5.31. The van der Waals surface area contributed by atoms with Gasteiger partial charge in [0.05, 0.1) is 6.54 Å². The fourth-order valence-electron chi connectivity index (χ4n) is 2.52. The minimum absolute atomic E-state index is 0.0806. The van der Waals surface area contributed by atoms with E-state index in [1.165, 1.54) is 0 Å². The zero-order valence-electron chi connectivity index (χ0n) is 18.2. The molecule has 2 aromatic carbocycles. The molecule has 0 heterocycles. The van der Waals surface area contributed by atoms with Gasteiger partial charge in [-0.1, -0.05) is 31.5 Å². The molecule has 156 valence electrons. The molecule has 1 N–H and O–H groups in total. The Morgan fingerprint density at radius 3 is 2.24 bits per heavy atom. The second-order valence-corrected chi connectivity index (χ2v) is 8.68. The van der Waals surface area contributed by atoms with E-state index in [1.807, 2.05) is 65.8 Å². The van der Waals surface area contributed by atoms with Crippen molar-refractivity contribution in [3.63, 3.8) is 0 Å². The molecule has 5 heteroatoms. The van der Waals surface area contributed by atoms with Crippen LogP contribution >= 0.6 is 0 Å². The zero-order chi connectivity index (χ0) is 21.6. The van der Waals surface area contributed by atoms with Crippen LogP contribution in [0.25, 0.3) is 0 Å². The van der Waals surface area contributed by atoms with Crippen molar-refractivity contribution in [2.24, 2.45) is 5.92 Å². The summed E-state index contributed by atoms with van der Waals surface area (Å²) in [7, 11) is 0. The highest BCUT2D eigenvalue weighted by molar-refractivity contribution is 5.98. The molecule has 2 aromatic rings. The molecular formula is C24H31NO4. The summed E-state index contributed by atoms with van der Waals surface area (Å²) < 4.78 is 11.5. The Balaban J connectivity index is 2.27. The van der Waals surface area contributed by atoms with Gasteiger partial charge in [-0.05, 0) is 63.9 Å². The molecule has 0 bridgehead atoms. The van der Waals surface area contributed by atoms with Gasteiger partial charge in [-0.3, -0.25) is 9.59 Å². The van der Waals surface area contributed by atoms with E-state index in [0.29, 0.717) is 17.1 Å². The van der Waals surface area contributed by atoms with Crippen LogP contribution in [0.1, 0.15) is 57.0 Å². The maximum Gasteiger partial charge on any atom is 0.311 e. The number of hydrogen-bond acceptors (Lipinski definition) is 5. The Morgan fingerprint density at radius 2 is 1.66 bits per heavy atom. The number of aryl methyl sites for hydroxylation is 1. The normalized spacial score (nSPS) is 11.4. The van der Waals surface area contributed by atoms with Crippen molar-refractivity contribution < 1.29 is 19.1 Å². The lowest BCUT2D eigenvalue weighted by molar-refractivity contribution is -0.135. The largest absolute Gasteiger partial charge is 0.453 e. The molecule has 0 unspecified atom stereocenters. The first-order valence-corrected chi connectivity index (χ1v) is 9.91. The molecule has 29 heavy (non-hydrogen) atoms. The van der Waals surface area contributed by atoms with E-state index in [4.69, 9.17) is 9.47 Å². The second-order valence-electron chi connectivity index (χ2n) is 8.68. The minimum atomic E-state index is -0.355. The van der Waals surface area contributed by atoms with Crippen molar-refractivity contribution in [3.8, 4) is 17.2 Å². The lowest BCUT2D eigenvalue weighted by Gasteiger charge is -2.20. The van der Waals surface area contributed by atoms with Gasteiger partial charge in [0.25, 0.3) is 0 Å². The summed E-state index contributed by atoms with van der Waals surface area (Å²) >= 11 is 0. The molecule has 0 aromatic heterocycles. The standard InChI is InChI=1S/C24H31NO4/c1-16(2)13-23(27)29-22-14-18(20(26)15-25-24(4,5)6)9-12-21(22)28-19-10-7-17(3)8-11-19/h7-12,14,16,25H,13,15H2,1-6H3. The number of rotatable bonds is 8. The number of nitrogens with one attached hydrogen (secondary N) is 1. The van der Waals surface area contributed by atoms with Gasteiger partial charge >= 0.3 is 5.97 Å². The molecular weight excluding hydrogens is 366 g/mol. The lowest BCUT2D eigenvalue weighted by Crippen LogP contribution is -2.39. The number of ketones is 1. The molecule has 0 amide bonds. The van der Waals surface area contributed by atoms with E-state index >= 15 is 0 Å². The third-order valence-electron chi connectivity index (χ3n) is 4.09. The van der Waals surface area contributed by atoms with Gasteiger partial charge in [-0.15, -0.1) is 0 Å². The number of benzene rings is 2. The number of esters is 1. The Bertz CT molecular complexity index is 848. The first kappa shape index (κ1) is 22.6. The molecule has 0 saturated heterocycles. The van der Waals surface area contributed by atoms with Crippen LogP contribution in [0, 0.1) is 12.8 Å². The topological polar surface area (TPSA) is 64.6 Å². The van der Waals surface area contributed by atoms with Crippen LogP contribution in [0.2, 0.25) is 0 Å². The first-order chi connectivity index (χ1) is 13.5. The van der Waals surface area contributed by atoms with E-state index in [2.05, 4.69) is 5.32 Å². The monoisotopic (exact) mass is 397 g/mol. The Labute approximate surface area is 173 Å². The minimum Gasteiger partial charge on any atom is -0.453 e. The molecule has 0 aliphatic rings. The molecule has 0 saturated carbocycles.